The lowest BCUT2D eigenvalue weighted by molar-refractivity contribution is -0.0312. The second-order valence-electron chi connectivity index (χ2n) is 5.38. The Bertz CT molecular complexity index is 453. The summed E-state index contributed by atoms with van der Waals surface area (Å²) in [6.45, 7) is 5.67. The molecule has 0 amide bonds. The summed E-state index contributed by atoms with van der Waals surface area (Å²) in [7, 11) is 3.27. The zero-order valence-electron chi connectivity index (χ0n) is 13.2. The van der Waals surface area contributed by atoms with Gasteiger partial charge in [0, 0.05) is 25.7 Å². The minimum Gasteiger partial charge on any atom is -0.493 e. The molecule has 21 heavy (non-hydrogen) atoms. The maximum absolute atomic E-state index is 6.35. The molecular formula is C16H26N2O3. The maximum atomic E-state index is 6.35. The molecule has 2 rings (SSSR count). The average molecular weight is 294 g/mol. The SMILES string of the molecule is CCC1CN(CC(N)c2ccc(OC)c(OC)c2)CCO1. The fourth-order valence-electron chi connectivity index (χ4n) is 2.66. The Labute approximate surface area is 127 Å². The van der Waals surface area contributed by atoms with Gasteiger partial charge in [-0.3, -0.25) is 4.90 Å². The lowest BCUT2D eigenvalue weighted by Crippen LogP contribution is -2.44. The number of morpholine rings is 1. The Morgan fingerprint density at radius 3 is 2.76 bits per heavy atom. The van der Waals surface area contributed by atoms with Gasteiger partial charge in [-0.2, -0.15) is 0 Å². The first-order chi connectivity index (χ1) is 10.2. The summed E-state index contributed by atoms with van der Waals surface area (Å²) < 4.78 is 16.3. The summed E-state index contributed by atoms with van der Waals surface area (Å²) in [5, 5.41) is 0. The number of methoxy groups -OCH3 is 2. The smallest absolute Gasteiger partial charge is 0.161 e. The number of rotatable bonds is 6. The highest BCUT2D eigenvalue weighted by molar-refractivity contribution is 5.43. The van der Waals surface area contributed by atoms with Crippen LogP contribution in [0.15, 0.2) is 18.2 Å². The van der Waals surface area contributed by atoms with Gasteiger partial charge in [0.15, 0.2) is 11.5 Å². The van der Waals surface area contributed by atoms with Crippen molar-refractivity contribution in [2.45, 2.75) is 25.5 Å². The molecule has 2 atom stereocenters. The van der Waals surface area contributed by atoms with Crippen LogP contribution in [0.2, 0.25) is 0 Å². The second-order valence-corrected chi connectivity index (χ2v) is 5.38. The Morgan fingerprint density at radius 1 is 1.33 bits per heavy atom. The Balaban J connectivity index is 2.01. The molecule has 1 saturated heterocycles. The summed E-state index contributed by atoms with van der Waals surface area (Å²) >= 11 is 0. The van der Waals surface area contributed by atoms with Crippen molar-refractivity contribution in [3.05, 3.63) is 23.8 Å². The van der Waals surface area contributed by atoms with Crippen molar-refractivity contribution in [3.63, 3.8) is 0 Å². The molecular weight excluding hydrogens is 268 g/mol. The van der Waals surface area contributed by atoms with E-state index in [2.05, 4.69) is 11.8 Å². The molecule has 0 saturated carbocycles. The highest BCUT2D eigenvalue weighted by Crippen LogP contribution is 2.29. The molecule has 0 aliphatic carbocycles. The van der Waals surface area contributed by atoms with Gasteiger partial charge in [0.05, 0.1) is 26.9 Å². The van der Waals surface area contributed by atoms with Crippen LogP contribution in [0.3, 0.4) is 0 Å². The van der Waals surface area contributed by atoms with Crippen LogP contribution in [-0.2, 0) is 4.74 Å². The van der Waals surface area contributed by atoms with Crippen molar-refractivity contribution in [1.82, 2.24) is 4.90 Å². The van der Waals surface area contributed by atoms with E-state index in [-0.39, 0.29) is 6.04 Å². The van der Waals surface area contributed by atoms with E-state index in [1.54, 1.807) is 14.2 Å². The Hall–Kier alpha value is -1.30. The van der Waals surface area contributed by atoms with Gasteiger partial charge >= 0.3 is 0 Å². The van der Waals surface area contributed by atoms with E-state index in [1.807, 2.05) is 18.2 Å². The number of ether oxygens (including phenoxy) is 3. The van der Waals surface area contributed by atoms with Crippen LogP contribution in [0, 0.1) is 0 Å². The third kappa shape index (κ3) is 4.09. The number of benzene rings is 1. The summed E-state index contributed by atoms with van der Waals surface area (Å²) in [6.07, 6.45) is 1.37. The Morgan fingerprint density at radius 2 is 2.10 bits per heavy atom. The van der Waals surface area contributed by atoms with Crippen LogP contribution in [0.1, 0.15) is 24.9 Å². The van der Waals surface area contributed by atoms with E-state index < -0.39 is 0 Å². The number of hydrogen-bond donors (Lipinski definition) is 1. The minimum atomic E-state index is -0.0413. The molecule has 0 radical (unpaired) electrons. The van der Waals surface area contributed by atoms with E-state index in [0.29, 0.717) is 6.10 Å². The van der Waals surface area contributed by atoms with Crippen molar-refractivity contribution >= 4 is 0 Å². The fourth-order valence-corrected chi connectivity index (χ4v) is 2.66. The molecule has 0 aromatic heterocycles. The van der Waals surface area contributed by atoms with Gasteiger partial charge in [-0.05, 0) is 24.1 Å². The van der Waals surface area contributed by atoms with Gasteiger partial charge in [-0.1, -0.05) is 13.0 Å². The summed E-state index contributed by atoms with van der Waals surface area (Å²) in [6, 6.07) is 5.83. The molecule has 1 aliphatic heterocycles. The molecule has 1 heterocycles. The van der Waals surface area contributed by atoms with Crippen molar-refractivity contribution in [3.8, 4) is 11.5 Å². The molecule has 2 N–H and O–H groups in total. The number of nitrogens with two attached hydrogens (primary N) is 1. The van der Waals surface area contributed by atoms with Crippen molar-refractivity contribution in [2.75, 3.05) is 40.5 Å². The van der Waals surface area contributed by atoms with E-state index in [1.165, 1.54) is 0 Å². The Kier molecular flexibility index (Phi) is 5.85. The molecule has 1 fully saturated rings. The zero-order valence-corrected chi connectivity index (χ0v) is 13.2. The first-order valence-corrected chi connectivity index (χ1v) is 7.49. The molecule has 118 valence electrons. The van der Waals surface area contributed by atoms with Crippen LogP contribution in [0.25, 0.3) is 0 Å². The third-order valence-corrected chi connectivity index (χ3v) is 3.97. The lowest BCUT2D eigenvalue weighted by Gasteiger charge is -2.34. The molecule has 0 spiro atoms. The fraction of sp³-hybridized carbons (Fsp3) is 0.625. The molecule has 0 bridgehead atoms. The average Bonchev–Trinajstić information content (AvgIpc) is 2.54. The maximum Gasteiger partial charge on any atom is 0.161 e. The minimum absolute atomic E-state index is 0.0413. The first-order valence-electron chi connectivity index (χ1n) is 7.49. The van der Waals surface area contributed by atoms with Crippen LogP contribution < -0.4 is 15.2 Å². The van der Waals surface area contributed by atoms with Gasteiger partial charge < -0.3 is 19.9 Å². The second kappa shape index (κ2) is 7.64. The van der Waals surface area contributed by atoms with Crippen LogP contribution in [0.4, 0.5) is 0 Å². The first kappa shape index (κ1) is 16.1. The molecule has 1 aliphatic rings. The number of nitrogens with zero attached hydrogens (tertiary/aromatic N) is 1. The predicted molar refractivity (Wildman–Crippen MR) is 82.9 cm³/mol. The summed E-state index contributed by atoms with van der Waals surface area (Å²) in [5.41, 5.74) is 7.41. The van der Waals surface area contributed by atoms with E-state index in [0.717, 1.165) is 49.7 Å². The monoisotopic (exact) mass is 294 g/mol. The third-order valence-electron chi connectivity index (χ3n) is 3.97. The topological polar surface area (TPSA) is 57.0 Å². The highest BCUT2D eigenvalue weighted by Gasteiger charge is 2.21. The molecule has 1 aromatic rings. The number of hydrogen-bond acceptors (Lipinski definition) is 5. The van der Waals surface area contributed by atoms with E-state index in [4.69, 9.17) is 19.9 Å². The van der Waals surface area contributed by atoms with E-state index in [9.17, 15) is 0 Å². The standard InChI is InChI=1S/C16H26N2O3/c1-4-13-10-18(7-8-21-13)11-14(17)12-5-6-15(19-2)16(9-12)20-3/h5-6,9,13-14H,4,7-8,10-11,17H2,1-3H3. The highest BCUT2D eigenvalue weighted by atomic mass is 16.5. The van der Waals surface area contributed by atoms with Crippen LogP contribution in [-0.4, -0.2) is 51.5 Å². The van der Waals surface area contributed by atoms with Gasteiger partial charge in [-0.15, -0.1) is 0 Å². The predicted octanol–water partition coefficient (Wildman–Crippen LogP) is 1.81. The van der Waals surface area contributed by atoms with Crippen molar-refractivity contribution in [1.29, 1.82) is 0 Å². The molecule has 5 heteroatoms. The summed E-state index contributed by atoms with van der Waals surface area (Å²) in [4.78, 5) is 2.37. The van der Waals surface area contributed by atoms with Crippen LogP contribution >= 0.6 is 0 Å². The van der Waals surface area contributed by atoms with Crippen molar-refractivity contribution < 1.29 is 14.2 Å². The van der Waals surface area contributed by atoms with Crippen LogP contribution in [0.5, 0.6) is 11.5 Å². The van der Waals surface area contributed by atoms with E-state index >= 15 is 0 Å². The lowest BCUT2D eigenvalue weighted by atomic mass is 10.1. The van der Waals surface area contributed by atoms with Gasteiger partial charge in [0.2, 0.25) is 0 Å². The van der Waals surface area contributed by atoms with Gasteiger partial charge in [0.25, 0.3) is 0 Å². The zero-order chi connectivity index (χ0) is 15.2. The van der Waals surface area contributed by atoms with Gasteiger partial charge in [0.1, 0.15) is 0 Å². The summed E-state index contributed by atoms with van der Waals surface area (Å²) in [5.74, 6) is 1.45. The molecule has 5 nitrogen and oxygen atoms in total. The normalized spacial score (nSPS) is 21.0. The molecule has 1 aromatic carbocycles. The quantitative estimate of drug-likeness (QED) is 0.867. The van der Waals surface area contributed by atoms with Gasteiger partial charge in [-0.25, -0.2) is 0 Å². The largest absolute Gasteiger partial charge is 0.493 e. The molecule has 2 unspecified atom stereocenters. The van der Waals surface area contributed by atoms with Crippen molar-refractivity contribution in [2.24, 2.45) is 5.73 Å².